The van der Waals surface area contributed by atoms with Crippen molar-refractivity contribution >= 4 is 33.3 Å². The maximum atomic E-state index is 12.5. The van der Waals surface area contributed by atoms with Crippen molar-refractivity contribution in [2.75, 3.05) is 16.8 Å². The van der Waals surface area contributed by atoms with E-state index in [2.05, 4.69) is 10.4 Å². The third-order valence-corrected chi connectivity index (χ3v) is 7.82. The van der Waals surface area contributed by atoms with Crippen molar-refractivity contribution in [2.45, 2.75) is 49.7 Å². The first kappa shape index (κ1) is 15.5. The molecule has 2 aliphatic heterocycles. The molecular formula is C15H21N3O3S2. The van der Waals surface area contributed by atoms with E-state index in [1.165, 1.54) is 0 Å². The molecule has 1 saturated carbocycles. The third-order valence-electron chi connectivity index (χ3n) is 5.10. The van der Waals surface area contributed by atoms with Crippen molar-refractivity contribution < 1.29 is 13.2 Å². The molecule has 126 valence electrons. The van der Waals surface area contributed by atoms with E-state index in [0.717, 1.165) is 54.3 Å². The van der Waals surface area contributed by atoms with E-state index in [4.69, 9.17) is 0 Å². The number of nitrogens with one attached hydrogen (secondary N) is 1. The number of anilines is 1. The van der Waals surface area contributed by atoms with Crippen LogP contribution in [0.15, 0.2) is 0 Å². The summed E-state index contributed by atoms with van der Waals surface area (Å²) in [6.07, 6.45) is 4.73. The molecule has 3 heterocycles. The van der Waals surface area contributed by atoms with E-state index in [1.54, 1.807) is 16.4 Å². The summed E-state index contributed by atoms with van der Waals surface area (Å²) in [4.78, 5) is 12.5. The number of nitrogens with zero attached hydrogens (tertiary/aromatic N) is 2. The number of aromatic nitrogens is 2. The lowest BCUT2D eigenvalue weighted by atomic mass is 10.1. The lowest BCUT2D eigenvalue weighted by molar-refractivity contribution is -0.119. The van der Waals surface area contributed by atoms with Crippen molar-refractivity contribution in [3.8, 4) is 0 Å². The molecule has 0 radical (unpaired) electrons. The standard InChI is InChI=1S/C15H21N3O3S2/c19-15(10-3-1-2-4-10)16-14-12-7-22-8-13(12)17-18(14)11-5-6-23(20,21)9-11/h10-11H,1-9H2,(H,16,19). The van der Waals surface area contributed by atoms with Crippen molar-refractivity contribution in [2.24, 2.45) is 5.92 Å². The molecule has 1 aliphatic carbocycles. The maximum Gasteiger partial charge on any atom is 0.228 e. The highest BCUT2D eigenvalue weighted by molar-refractivity contribution is 7.98. The van der Waals surface area contributed by atoms with Crippen LogP contribution in [-0.4, -0.2) is 35.6 Å². The lowest BCUT2D eigenvalue weighted by Gasteiger charge is -2.17. The molecule has 0 bridgehead atoms. The molecule has 1 aromatic rings. The first-order chi connectivity index (χ1) is 11.0. The third kappa shape index (κ3) is 2.91. The number of fused-ring (bicyclic) bond motifs is 1. The van der Waals surface area contributed by atoms with Gasteiger partial charge >= 0.3 is 0 Å². The minimum Gasteiger partial charge on any atom is -0.310 e. The number of hydrogen-bond acceptors (Lipinski definition) is 5. The minimum absolute atomic E-state index is 0.0733. The van der Waals surface area contributed by atoms with E-state index in [-0.39, 0.29) is 29.4 Å². The monoisotopic (exact) mass is 355 g/mol. The lowest BCUT2D eigenvalue weighted by Crippen LogP contribution is -2.24. The predicted molar refractivity (Wildman–Crippen MR) is 90.1 cm³/mol. The Balaban J connectivity index is 1.63. The molecule has 4 rings (SSSR count). The van der Waals surface area contributed by atoms with Gasteiger partial charge in [-0.05, 0) is 19.3 Å². The predicted octanol–water partition coefficient (Wildman–Crippen LogP) is 2.12. The fourth-order valence-electron chi connectivity index (χ4n) is 3.80. The summed E-state index contributed by atoms with van der Waals surface area (Å²) < 4.78 is 25.4. The molecule has 1 atom stereocenters. The molecule has 1 saturated heterocycles. The van der Waals surface area contributed by atoms with Crippen LogP contribution in [0.25, 0.3) is 0 Å². The summed E-state index contributed by atoms with van der Waals surface area (Å²) in [6.45, 7) is 0. The molecular weight excluding hydrogens is 334 g/mol. The highest BCUT2D eigenvalue weighted by Crippen LogP contribution is 2.38. The summed E-state index contributed by atoms with van der Waals surface area (Å²) in [6, 6.07) is -0.144. The molecule has 1 aromatic heterocycles. The van der Waals surface area contributed by atoms with Gasteiger partial charge in [-0.25, -0.2) is 13.1 Å². The van der Waals surface area contributed by atoms with Gasteiger partial charge in [0.15, 0.2) is 9.84 Å². The quantitative estimate of drug-likeness (QED) is 0.898. The molecule has 6 nitrogen and oxygen atoms in total. The Hall–Kier alpha value is -1.02. The van der Waals surface area contributed by atoms with Gasteiger partial charge in [-0.15, -0.1) is 0 Å². The molecule has 2 fully saturated rings. The van der Waals surface area contributed by atoms with Gasteiger partial charge in [0.2, 0.25) is 5.91 Å². The zero-order valence-corrected chi connectivity index (χ0v) is 14.6. The van der Waals surface area contributed by atoms with Crippen LogP contribution in [0.1, 0.15) is 49.4 Å². The molecule has 1 N–H and O–H groups in total. The zero-order valence-electron chi connectivity index (χ0n) is 13.0. The van der Waals surface area contributed by atoms with Gasteiger partial charge in [0, 0.05) is 23.0 Å². The van der Waals surface area contributed by atoms with E-state index in [1.807, 2.05) is 0 Å². The van der Waals surface area contributed by atoms with Crippen molar-refractivity contribution in [3.63, 3.8) is 0 Å². The molecule has 8 heteroatoms. The summed E-state index contributed by atoms with van der Waals surface area (Å²) in [7, 11) is -2.98. The second kappa shape index (κ2) is 5.81. The normalized spacial score (nSPS) is 26.5. The average Bonchev–Trinajstić information content (AvgIpc) is 3.23. The molecule has 1 unspecified atom stereocenters. The van der Waals surface area contributed by atoms with Crippen LogP contribution in [0.2, 0.25) is 0 Å². The van der Waals surface area contributed by atoms with E-state index >= 15 is 0 Å². The number of carbonyl (C=O) groups excluding carboxylic acids is 1. The van der Waals surface area contributed by atoms with Crippen LogP contribution < -0.4 is 5.32 Å². The Morgan fingerprint density at radius 3 is 2.70 bits per heavy atom. The van der Waals surface area contributed by atoms with Gasteiger partial charge in [-0.3, -0.25) is 4.79 Å². The number of rotatable bonds is 3. The van der Waals surface area contributed by atoms with E-state index in [9.17, 15) is 13.2 Å². The van der Waals surface area contributed by atoms with Gasteiger partial charge in [-0.1, -0.05) is 12.8 Å². The van der Waals surface area contributed by atoms with Gasteiger partial charge in [0.25, 0.3) is 0 Å². The van der Waals surface area contributed by atoms with Crippen LogP contribution in [0, 0.1) is 5.92 Å². The summed E-state index contributed by atoms with van der Waals surface area (Å²) in [5.74, 6) is 2.95. The smallest absolute Gasteiger partial charge is 0.228 e. The molecule has 0 aromatic carbocycles. The van der Waals surface area contributed by atoms with Gasteiger partial charge < -0.3 is 5.32 Å². The average molecular weight is 355 g/mol. The first-order valence-corrected chi connectivity index (χ1v) is 11.2. The SMILES string of the molecule is O=C(Nc1c2c(nn1C1CCS(=O)(=O)C1)CSC2)C1CCCC1. The summed E-state index contributed by atoms with van der Waals surface area (Å²) in [5, 5.41) is 7.73. The van der Waals surface area contributed by atoms with Crippen molar-refractivity contribution in [1.82, 2.24) is 9.78 Å². The van der Waals surface area contributed by atoms with E-state index < -0.39 is 9.84 Å². The van der Waals surface area contributed by atoms with Crippen LogP contribution in [0.5, 0.6) is 0 Å². The number of thioether (sulfide) groups is 1. The van der Waals surface area contributed by atoms with Crippen LogP contribution in [-0.2, 0) is 26.1 Å². The minimum atomic E-state index is -2.98. The number of carbonyl (C=O) groups is 1. The molecule has 3 aliphatic rings. The number of sulfone groups is 1. The topological polar surface area (TPSA) is 81.1 Å². The molecule has 23 heavy (non-hydrogen) atoms. The van der Waals surface area contributed by atoms with Gasteiger partial charge in [0.05, 0.1) is 23.2 Å². The van der Waals surface area contributed by atoms with Crippen LogP contribution in [0.4, 0.5) is 5.82 Å². The van der Waals surface area contributed by atoms with Crippen molar-refractivity contribution in [3.05, 3.63) is 11.3 Å². The van der Waals surface area contributed by atoms with Crippen LogP contribution in [0.3, 0.4) is 0 Å². The Labute approximate surface area is 140 Å². The van der Waals surface area contributed by atoms with Crippen LogP contribution >= 0.6 is 11.8 Å². The number of amides is 1. The zero-order chi connectivity index (χ0) is 16.0. The highest BCUT2D eigenvalue weighted by atomic mass is 32.2. The fourth-order valence-corrected chi connectivity index (χ4v) is 6.53. The maximum absolute atomic E-state index is 12.5. The first-order valence-electron chi connectivity index (χ1n) is 8.23. The Morgan fingerprint density at radius 2 is 2.00 bits per heavy atom. The Bertz CT molecular complexity index is 735. The molecule has 0 spiro atoms. The second-order valence-electron chi connectivity index (χ2n) is 6.74. The largest absolute Gasteiger partial charge is 0.310 e. The summed E-state index contributed by atoms with van der Waals surface area (Å²) in [5.41, 5.74) is 2.09. The Morgan fingerprint density at radius 1 is 1.22 bits per heavy atom. The fraction of sp³-hybridized carbons (Fsp3) is 0.733. The Kier molecular flexibility index (Phi) is 3.91. The highest BCUT2D eigenvalue weighted by Gasteiger charge is 2.35. The van der Waals surface area contributed by atoms with Gasteiger partial charge in [0.1, 0.15) is 5.82 Å². The van der Waals surface area contributed by atoms with E-state index in [0.29, 0.717) is 6.42 Å². The molecule has 1 amide bonds. The van der Waals surface area contributed by atoms with Crippen molar-refractivity contribution in [1.29, 1.82) is 0 Å². The number of hydrogen-bond donors (Lipinski definition) is 1. The van der Waals surface area contributed by atoms with Gasteiger partial charge in [-0.2, -0.15) is 16.9 Å². The summed E-state index contributed by atoms with van der Waals surface area (Å²) >= 11 is 1.79. The second-order valence-corrected chi connectivity index (χ2v) is 9.95.